The summed E-state index contributed by atoms with van der Waals surface area (Å²) in [5.41, 5.74) is 0.125. The zero-order valence-electron chi connectivity index (χ0n) is 22.7. The van der Waals surface area contributed by atoms with Crippen LogP contribution in [-0.4, -0.2) is 114 Å². The molecule has 2 saturated heterocycles. The largest absolute Gasteiger partial charge is 0.550 e. The van der Waals surface area contributed by atoms with E-state index in [9.17, 15) is 39.9 Å². The summed E-state index contributed by atoms with van der Waals surface area (Å²) >= 11 is 0. The standard InChI is InChI=1S/C27H39NO13/c1-3-16-17(7-6-14-9-15(24(35)36)11-28(10-14)8-4-5-20(30)31)18(25(37)38-2)13-39-26(16)41-27-23(34)22(33)21(32)19(12-29)40-27/h3,6-7,13-17,19,21-23,26-27,29,32-34H,1,4-5,8-12H2,2H3,(H,30,31)(H,35,36)/t14?,15?,16-,17+,19-,21-,22+,23-,26+,27+/m1/s1. The van der Waals surface area contributed by atoms with E-state index in [1.807, 2.05) is 0 Å². The fourth-order valence-corrected chi connectivity index (χ4v) is 5.54. The number of quaternary nitrogens is 1. The van der Waals surface area contributed by atoms with Crippen LogP contribution in [0, 0.1) is 23.7 Å². The van der Waals surface area contributed by atoms with Crippen LogP contribution in [0.1, 0.15) is 19.3 Å². The fraction of sp³-hybridized carbons (Fsp3) is 0.667. The van der Waals surface area contributed by atoms with Gasteiger partial charge in [0.25, 0.3) is 0 Å². The number of allylic oxidation sites excluding steroid dienone is 1. The Morgan fingerprint density at radius 3 is 2.49 bits per heavy atom. The molecule has 41 heavy (non-hydrogen) atoms. The Morgan fingerprint density at radius 2 is 1.88 bits per heavy atom. The maximum Gasteiger partial charge on any atom is 0.337 e. The molecule has 0 bridgehead atoms. The number of carbonyl (C=O) groups is 3. The van der Waals surface area contributed by atoms with Crippen LogP contribution in [0.2, 0.25) is 0 Å². The quantitative estimate of drug-likeness (QED) is 0.0962. The molecule has 3 aliphatic rings. The Kier molecular flexibility index (Phi) is 11.8. The number of ether oxygens (including phenoxy) is 4. The van der Waals surface area contributed by atoms with Crippen molar-refractivity contribution in [2.45, 2.75) is 56.3 Å². The molecule has 0 aromatic carbocycles. The molecule has 6 N–H and O–H groups in total. The van der Waals surface area contributed by atoms with Crippen LogP contribution < -0.4 is 10.0 Å². The predicted octanol–water partition coefficient (Wildman–Crippen LogP) is -3.67. The molecule has 0 saturated carbocycles. The van der Waals surface area contributed by atoms with Gasteiger partial charge in [-0.15, -0.1) is 6.58 Å². The number of aliphatic carboxylic acids is 2. The predicted molar refractivity (Wildman–Crippen MR) is 135 cm³/mol. The minimum absolute atomic E-state index is 0.0216. The Hall–Kier alpha value is -2.85. The van der Waals surface area contributed by atoms with Crippen molar-refractivity contribution in [3.8, 4) is 0 Å². The lowest BCUT2D eigenvalue weighted by Crippen LogP contribution is -3.14. The molecule has 230 valence electrons. The number of nitrogens with one attached hydrogen (secondary N) is 1. The molecule has 0 aliphatic carbocycles. The lowest BCUT2D eigenvalue weighted by molar-refractivity contribution is -0.911. The van der Waals surface area contributed by atoms with Gasteiger partial charge in [0, 0.05) is 24.2 Å². The van der Waals surface area contributed by atoms with E-state index in [-0.39, 0.29) is 17.9 Å². The first-order chi connectivity index (χ1) is 19.5. The number of esters is 1. The van der Waals surface area contributed by atoms with Gasteiger partial charge in [0.2, 0.25) is 6.29 Å². The van der Waals surface area contributed by atoms with Crippen molar-refractivity contribution in [3.05, 3.63) is 36.6 Å². The molecule has 14 heteroatoms. The molecule has 3 unspecified atom stereocenters. The monoisotopic (exact) mass is 585 g/mol. The lowest BCUT2D eigenvalue weighted by atomic mass is 9.81. The van der Waals surface area contributed by atoms with Crippen molar-refractivity contribution in [3.63, 3.8) is 0 Å². The third kappa shape index (κ3) is 8.13. The number of carboxylic acid groups (broad SMARTS) is 2. The van der Waals surface area contributed by atoms with Gasteiger partial charge in [-0.25, -0.2) is 4.79 Å². The number of carbonyl (C=O) groups excluding carboxylic acids is 2. The number of hydrogen-bond donors (Lipinski definition) is 6. The van der Waals surface area contributed by atoms with Gasteiger partial charge in [-0.1, -0.05) is 18.2 Å². The van der Waals surface area contributed by atoms with Gasteiger partial charge in [0.1, 0.15) is 24.4 Å². The van der Waals surface area contributed by atoms with Crippen LogP contribution >= 0.6 is 0 Å². The summed E-state index contributed by atoms with van der Waals surface area (Å²) in [4.78, 5) is 36.2. The van der Waals surface area contributed by atoms with Gasteiger partial charge in [0.15, 0.2) is 6.29 Å². The SMILES string of the molecule is C=C[C@H]1[C@H](O[C@@H]2O[C@H](CO)[C@@H](O)[C@H](O)[C@H]2O)OC=C(C(=O)OC)[C@H]1C=CC1CC(C(=O)[O-])C[NH+](CCCC(=O)O)C1. The molecular weight excluding hydrogens is 546 g/mol. The molecule has 2 fully saturated rings. The average Bonchev–Trinajstić information content (AvgIpc) is 2.95. The molecule has 14 nitrogen and oxygen atoms in total. The molecule has 3 rings (SSSR count). The maximum atomic E-state index is 12.6. The summed E-state index contributed by atoms with van der Waals surface area (Å²) < 4.78 is 21.7. The number of piperidine rings is 1. The lowest BCUT2D eigenvalue weighted by Gasteiger charge is -2.42. The van der Waals surface area contributed by atoms with Crippen molar-refractivity contribution >= 4 is 17.9 Å². The number of methoxy groups -OCH3 is 1. The molecule has 11 atom stereocenters. The van der Waals surface area contributed by atoms with E-state index in [0.717, 1.165) is 11.2 Å². The van der Waals surface area contributed by atoms with E-state index < -0.39 is 79.3 Å². The Labute approximate surface area is 237 Å². The summed E-state index contributed by atoms with van der Waals surface area (Å²) in [6, 6.07) is 0. The van der Waals surface area contributed by atoms with E-state index in [1.165, 1.54) is 13.2 Å². The molecule has 0 spiro atoms. The van der Waals surface area contributed by atoms with Gasteiger partial charge in [-0.3, -0.25) is 4.79 Å². The third-order valence-electron chi connectivity index (χ3n) is 7.75. The van der Waals surface area contributed by atoms with E-state index in [1.54, 1.807) is 12.2 Å². The zero-order valence-corrected chi connectivity index (χ0v) is 22.7. The summed E-state index contributed by atoms with van der Waals surface area (Å²) in [6.45, 7) is 4.52. The number of aliphatic hydroxyl groups excluding tert-OH is 4. The van der Waals surface area contributed by atoms with E-state index >= 15 is 0 Å². The highest BCUT2D eigenvalue weighted by Gasteiger charge is 2.47. The van der Waals surface area contributed by atoms with Crippen molar-refractivity contribution in [2.75, 3.05) is 33.4 Å². The molecule has 0 aromatic rings. The van der Waals surface area contributed by atoms with Crippen molar-refractivity contribution in [1.29, 1.82) is 0 Å². The first-order valence-electron chi connectivity index (χ1n) is 13.5. The minimum atomic E-state index is -1.68. The fourth-order valence-electron chi connectivity index (χ4n) is 5.54. The molecule has 0 radical (unpaired) electrons. The molecule has 0 aromatic heterocycles. The van der Waals surface area contributed by atoms with Crippen molar-refractivity contribution < 1.29 is 68.9 Å². The number of likely N-dealkylation sites (tertiary alicyclic amines) is 1. The first-order valence-corrected chi connectivity index (χ1v) is 13.5. The number of hydrogen-bond acceptors (Lipinski definition) is 12. The third-order valence-corrected chi connectivity index (χ3v) is 7.75. The normalized spacial score (nSPS) is 37.6. The van der Waals surface area contributed by atoms with Crippen LogP contribution in [0.25, 0.3) is 0 Å². The summed E-state index contributed by atoms with van der Waals surface area (Å²) in [5.74, 6) is -5.23. The Bertz CT molecular complexity index is 998. The van der Waals surface area contributed by atoms with Crippen LogP contribution in [-0.2, 0) is 33.3 Å². The average molecular weight is 586 g/mol. The highest BCUT2D eigenvalue weighted by molar-refractivity contribution is 5.89. The smallest absolute Gasteiger partial charge is 0.337 e. The van der Waals surface area contributed by atoms with E-state index in [4.69, 9.17) is 24.1 Å². The molecule has 3 heterocycles. The summed E-state index contributed by atoms with van der Waals surface area (Å²) in [6.07, 6.45) is -2.04. The number of aliphatic hydroxyl groups is 4. The second-order valence-corrected chi connectivity index (χ2v) is 10.5. The minimum Gasteiger partial charge on any atom is -0.550 e. The Morgan fingerprint density at radius 1 is 1.15 bits per heavy atom. The van der Waals surface area contributed by atoms with Crippen LogP contribution in [0.5, 0.6) is 0 Å². The highest BCUT2D eigenvalue weighted by Crippen LogP contribution is 2.36. The van der Waals surface area contributed by atoms with E-state index in [2.05, 4.69) is 6.58 Å². The molecule has 0 amide bonds. The summed E-state index contributed by atoms with van der Waals surface area (Å²) in [5, 5.41) is 60.7. The van der Waals surface area contributed by atoms with Crippen LogP contribution in [0.15, 0.2) is 36.6 Å². The topological polar surface area (TPSA) is 217 Å². The van der Waals surface area contributed by atoms with Crippen molar-refractivity contribution in [1.82, 2.24) is 0 Å². The van der Waals surface area contributed by atoms with E-state index in [0.29, 0.717) is 32.5 Å². The van der Waals surface area contributed by atoms with Crippen molar-refractivity contribution in [2.24, 2.45) is 23.7 Å². The van der Waals surface area contributed by atoms with Crippen LogP contribution in [0.4, 0.5) is 0 Å². The zero-order chi connectivity index (χ0) is 30.3. The first kappa shape index (κ1) is 32.7. The van der Waals surface area contributed by atoms with Gasteiger partial charge < -0.3 is 59.3 Å². The second-order valence-electron chi connectivity index (χ2n) is 10.5. The van der Waals surface area contributed by atoms with Gasteiger partial charge >= 0.3 is 11.9 Å². The van der Waals surface area contributed by atoms with Crippen LogP contribution in [0.3, 0.4) is 0 Å². The Balaban J connectivity index is 1.81. The van der Waals surface area contributed by atoms with Gasteiger partial charge in [-0.2, -0.15) is 0 Å². The summed E-state index contributed by atoms with van der Waals surface area (Å²) in [7, 11) is 1.20. The van der Waals surface area contributed by atoms with Gasteiger partial charge in [-0.05, 0) is 6.42 Å². The maximum absolute atomic E-state index is 12.6. The number of rotatable bonds is 12. The molecular formula is C27H39NO13. The van der Waals surface area contributed by atoms with Gasteiger partial charge in [0.05, 0.1) is 63.5 Å². The highest BCUT2D eigenvalue weighted by atomic mass is 16.8. The number of carboxylic acids is 2. The second kappa shape index (κ2) is 14.9. The molecule has 3 aliphatic heterocycles.